The van der Waals surface area contributed by atoms with E-state index in [1.807, 2.05) is 4.90 Å². The molecule has 3 heterocycles. The van der Waals surface area contributed by atoms with Crippen LogP contribution in [0.4, 0.5) is 0 Å². The quantitative estimate of drug-likeness (QED) is 0.861. The van der Waals surface area contributed by atoms with Gasteiger partial charge in [0.05, 0.1) is 0 Å². The van der Waals surface area contributed by atoms with E-state index < -0.39 is 0 Å². The molecule has 0 bridgehead atoms. The van der Waals surface area contributed by atoms with Crippen molar-refractivity contribution in [3.05, 3.63) is 22.6 Å². The van der Waals surface area contributed by atoms with Crippen molar-refractivity contribution in [1.29, 1.82) is 0 Å². The fourth-order valence-electron chi connectivity index (χ4n) is 2.80. The minimum Gasteiger partial charge on any atom is -0.444 e. The third-order valence-electron chi connectivity index (χ3n) is 3.75. The molecule has 1 aromatic heterocycles. The summed E-state index contributed by atoms with van der Waals surface area (Å²) in [6, 6.07) is 3.96. The first-order chi connectivity index (χ1) is 8.24. The second kappa shape index (κ2) is 4.46. The van der Waals surface area contributed by atoms with Crippen LogP contribution in [0.3, 0.4) is 0 Å². The van der Waals surface area contributed by atoms with Crippen LogP contribution in [0.1, 0.15) is 23.4 Å². The monoisotopic (exact) mass is 298 g/mol. The van der Waals surface area contributed by atoms with Crippen molar-refractivity contribution in [2.24, 2.45) is 5.92 Å². The molecule has 17 heavy (non-hydrogen) atoms. The van der Waals surface area contributed by atoms with Gasteiger partial charge in [0.15, 0.2) is 10.4 Å². The summed E-state index contributed by atoms with van der Waals surface area (Å²) in [7, 11) is 0. The van der Waals surface area contributed by atoms with E-state index in [0.29, 0.717) is 16.5 Å². The first-order valence-corrected chi connectivity index (χ1v) is 6.81. The Labute approximate surface area is 108 Å². The van der Waals surface area contributed by atoms with Gasteiger partial charge in [0.25, 0.3) is 5.91 Å². The molecule has 5 heteroatoms. The third kappa shape index (κ3) is 2.13. The highest BCUT2D eigenvalue weighted by atomic mass is 79.9. The Hall–Kier alpha value is -0.810. The molecule has 1 amide bonds. The molecule has 3 rings (SSSR count). The average molecular weight is 299 g/mol. The Morgan fingerprint density at radius 2 is 2.35 bits per heavy atom. The topological polar surface area (TPSA) is 45.5 Å². The fraction of sp³-hybridized carbons (Fsp3) is 0.583. The highest BCUT2D eigenvalue weighted by Gasteiger charge is 2.35. The van der Waals surface area contributed by atoms with Crippen LogP contribution in [0.2, 0.25) is 0 Å². The number of carbonyl (C=O) groups is 1. The van der Waals surface area contributed by atoms with E-state index in [4.69, 9.17) is 4.42 Å². The first kappa shape index (κ1) is 11.3. The number of piperidine rings is 1. The molecule has 0 saturated carbocycles. The van der Waals surface area contributed by atoms with Crippen LogP contribution >= 0.6 is 15.9 Å². The predicted molar refractivity (Wildman–Crippen MR) is 66.8 cm³/mol. The number of nitrogens with one attached hydrogen (secondary N) is 1. The number of nitrogens with zero attached hydrogens (tertiary/aromatic N) is 1. The highest BCUT2D eigenvalue weighted by molar-refractivity contribution is 9.10. The summed E-state index contributed by atoms with van der Waals surface area (Å²) in [6.07, 6.45) is 2.35. The molecule has 1 aromatic rings. The van der Waals surface area contributed by atoms with Gasteiger partial charge in [0.2, 0.25) is 0 Å². The van der Waals surface area contributed by atoms with Crippen LogP contribution in [0.5, 0.6) is 0 Å². The molecule has 0 radical (unpaired) electrons. The van der Waals surface area contributed by atoms with Crippen molar-refractivity contribution in [3.63, 3.8) is 0 Å². The van der Waals surface area contributed by atoms with Gasteiger partial charge in [-0.25, -0.2) is 0 Å². The number of amides is 1. The lowest BCUT2D eigenvalue weighted by Crippen LogP contribution is -2.48. The lowest BCUT2D eigenvalue weighted by Gasteiger charge is -2.34. The van der Waals surface area contributed by atoms with Gasteiger partial charge in [-0.15, -0.1) is 0 Å². The summed E-state index contributed by atoms with van der Waals surface area (Å²) in [4.78, 5) is 14.1. The lowest BCUT2D eigenvalue weighted by molar-refractivity contribution is 0.0636. The minimum atomic E-state index is 0.00264. The van der Waals surface area contributed by atoms with Crippen LogP contribution < -0.4 is 5.32 Å². The van der Waals surface area contributed by atoms with Crippen molar-refractivity contribution >= 4 is 21.8 Å². The second-order valence-corrected chi connectivity index (χ2v) is 5.53. The zero-order valence-corrected chi connectivity index (χ0v) is 11.1. The number of fused-ring (bicyclic) bond motifs is 1. The van der Waals surface area contributed by atoms with Gasteiger partial charge in [-0.3, -0.25) is 4.79 Å². The molecular weight excluding hydrogens is 284 g/mol. The Morgan fingerprint density at radius 3 is 3.12 bits per heavy atom. The summed E-state index contributed by atoms with van der Waals surface area (Å²) >= 11 is 3.22. The summed E-state index contributed by atoms with van der Waals surface area (Å²) in [5.74, 6) is 1.18. The van der Waals surface area contributed by atoms with Gasteiger partial charge in [0, 0.05) is 19.1 Å². The molecule has 0 spiro atoms. The molecule has 2 fully saturated rings. The van der Waals surface area contributed by atoms with Gasteiger partial charge in [-0.05, 0) is 53.4 Å². The Morgan fingerprint density at radius 1 is 1.47 bits per heavy atom. The number of hydrogen-bond donors (Lipinski definition) is 1. The molecule has 2 aliphatic heterocycles. The molecule has 4 nitrogen and oxygen atoms in total. The lowest BCUT2D eigenvalue weighted by atomic mass is 9.92. The van der Waals surface area contributed by atoms with E-state index in [0.717, 1.165) is 32.0 Å². The normalized spacial score (nSPS) is 28.2. The zero-order valence-electron chi connectivity index (χ0n) is 9.49. The molecule has 2 atom stereocenters. The van der Waals surface area contributed by atoms with E-state index in [9.17, 15) is 4.79 Å². The number of furan rings is 1. The van der Waals surface area contributed by atoms with Crippen molar-refractivity contribution in [3.8, 4) is 0 Å². The molecule has 0 aliphatic carbocycles. The summed E-state index contributed by atoms with van der Waals surface area (Å²) in [6.45, 7) is 2.74. The maximum Gasteiger partial charge on any atom is 0.289 e. The molecule has 2 unspecified atom stereocenters. The average Bonchev–Trinajstić information content (AvgIpc) is 2.95. The Balaban J connectivity index is 1.70. The van der Waals surface area contributed by atoms with Gasteiger partial charge in [0.1, 0.15) is 0 Å². The maximum absolute atomic E-state index is 12.2. The van der Waals surface area contributed by atoms with E-state index in [-0.39, 0.29) is 5.91 Å². The van der Waals surface area contributed by atoms with Gasteiger partial charge < -0.3 is 14.6 Å². The Bertz CT molecular complexity index is 432. The molecule has 1 N–H and O–H groups in total. The van der Waals surface area contributed by atoms with Crippen molar-refractivity contribution in [1.82, 2.24) is 10.2 Å². The molecular formula is C12H15BrN2O2. The van der Waals surface area contributed by atoms with Crippen molar-refractivity contribution in [2.45, 2.75) is 18.9 Å². The smallest absolute Gasteiger partial charge is 0.289 e. The Kier molecular flexibility index (Phi) is 2.96. The number of rotatable bonds is 1. The molecule has 92 valence electrons. The number of hydrogen-bond acceptors (Lipinski definition) is 3. The summed E-state index contributed by atoms with van der Waals surface area (Å²) < 4.78 is 5.92. The number of carbonyl (C=O) groups excluding carboxylic acids is 1. The van der Waals surface area contributed by atoms with Gasteiger partial charge in [-0.2, -0.15) is 0 Å². The van der Waals surface area contributed by atoms with E-state index in [2.05, 4.69) is 21.2 Å². The first-order valence-electron chi connectivity index (χ1n) is 6.02. The minimum absolute atomic E-state index is 0.00264. The van der Waals surface area contributed by atoms with Crippen molar-refractivity contribution in [2.75, 3.05) is 19.6 Å². The fourth-order valence-corrected chi connectivity index (χ4v) is 3.11. The summed E-state index contributed by atoms with van der Waals surface area (Å²) in [5.41, 5.74) is 0. The molecule has 2 saturated heterocycles. The van der Waals surface area contributed by atoms with Crippen LogP contribution in [-0.4, -0.2) is 36.5 Å². The number of likely N-dealkylation sites (tertiary alicyclic amines) is 1. The largest absolute Gasteiger partial charge is 0.444 e. The summed E-state index contributed by atoms with van der Waals surface area (Å²) in [5, 5.41) is 3.47. The zero-order chi connectivity index (χ0) is 11.8. The van der Waals surface area contributed by atoms with E-state index in [1.165, 1.54) is 6.42 Å². The van der Waals surface area contributed by atoms with Crippen molar-refractivity contribution < 1.29 is 9.21 Å². The van der Waals surface area contributed by atoms with E-state index >= 15 is 0 Å². The highest BCUT2D eigenvalue weighted by Crippen LogP contribution is 2.26. The van der Waals surface area contributed by atoms with Crippen LogP contribution in [-0.2, 0) is 0 Å². The van der Waals surface area contributed by atoms with Crippen LogP contribution in [0.25, 0.3) is 0 Å². The molecule has 2 aliphatic rings. The van der Waals surface area contributed by atoms with Gasteiger partial charge >= 0.3 is 0 Å². The van der Waals surface area contributed by atoms with Gasteiger partial charge in [-0.1, -0.05) is 0 Å². The van der Waals surface area contributed by atoms with E-state index in [1.54, 1.807) is 12.1 Å². The second-order valence-electron chi connectivity index (χ2n) is 4.75. The SMILES string of the molecule is O=C(c1ccc(Br)o1)N1CCC2CCNC2C1. The predicted octanol–water partition coefficient (Wildman–Crippen LogP) is 1.87. The standard InChI is InChI=1S/C12H15BrN2O2/c13-11-2-1-10(17-11)12(16)15-6-4-8-3-5-14-9(8)7-15/h1-2,8-9,14H,3-7H2. The number of halogens is 1. The van der Waals surface area contributed by atoms with Crippen LogP contribution in [0.15, 0.2) is 21.2 Å². The van der Waals surface area contributed by atoms with Crippen LogP contribution in [0, 0.1) is 5.92 Å². The third-order valence-corrected chi connectivity index (χ3v) is 4.17. The molecule has 0 aromatic carbocycles. The maximum atomic E-state index is 12.2.